The molecule has 0 heterocycles. The van der Waals surface area contributed by atoms with Gasteiger partial charge in [-0.2, -0.15) is 0 Å². The van der Waals surface area contributed by atoms with Gasteiger partial charge in [-0.15, -0.1) is 0 Å². The van der Waals surface area contributed by atoms with E-state index in [1.54, 1.807) is 6.92 Å². The number of aliphatic hydroxyl groups excluding tert-OH is 3. The lowest BCUT2D eigenvalue weighted by atomic mass is 9.87. The Labute approximate surface area is 280 Å². The van der Waals surface area contributed by atoms with Crippen LogP contribution in [0.4, 0.5) is 0 Å². The van der Waals surface area contributed by atoms with E-state index in [0.717, 1.165) is 18.2 Å². The van der Waals surface area contributed by atoms with Gasteiger partial charge in [0.1, 0.15) is 45.2 Å². The molecule has 0 spiro atoms. The number of aliphatic hydroxyl groups is 3. The quantitative estimate of drug-likeness (QED) is 0.0634. The van der Waals surface area contributed by atoms with E-state index in [-0.39, 0.29) is 32.3 Å². The van der Waals surface area contributed by atoms with E-state index in [9.17, 15) is 39.0 Å². The lowest BCUT2D eigenvalue weighted by molar-refractivity contribution is -0.164. The molecule has 0 aromatic rings. The summed E-state index contributed by atoms with van der Waals surface area (Å²) in [6, 6.07) is 0. The number of carbonyl (C=O) groups excluding carboxylic acids is 6. The normalized spacial score (nSPS) is 14.4. The molecule has 0 radical (unpaired) electrons. The molecule has 0 fully saturated rings. The second kappa shape index (κ2) is 25.9. The molecule has 272 valence electrons. The zero-order chi connectivity index (χ0) is 36.5. The third-order valence-electron chi connectivity index (χ3n) is 6.93. The zero-order valence-corrected chi connectivity index (χ0v) is 27.8. The van der Waals surface area contributed by atoms with Crippen LogP contribution in [0, 0.1) is 17.8 Å². The third-order valence-corrected chi connectivity index (χ3v) is 6.93. The lowest BCUT2D eigenvalue weighted by Gasteiger charge is -2.23. The highest BCUT2D eigenvalue weighted by molar-refractivity contribution is 5.82. The molecule has 15 nitrogen and oxygen atoms in total. The Balaban J connectivity index is 5.61. The van der Waals surface area contributed by atoms with Gasteiger partial charge in [0, 0.05) is 18.2 Å². The van der Waals surface area contributed by atoms with Crippen LogP contribution < -0.4 is 0 Å². The highest BCUT2D eigenvalue weighted by Gasteiger charge is 2.29. The van der Waals surface area contributed by atoms with Crippen LogP contribution >= 0.6 is 0 Å². The van der Waals surface area contributed by atoms with Gasteiger partial charge < -0.3 is 43.7 Å². The first-order chi connectivity index (χ1) is 22.8. The number of rotatable bonds is 27. The average Bonchev–Trinajstić information content (AvgIpc) is 3.09. The monoisotopic (exact) mass is 686 g/mol. The Morgan fingerprint density at radius 2 is 0.958 bits per heavy atom. The van der Waals surface area contributed by atoms with Crippen molar-refractivity contribution in [3.05, 3.63) is 38.0 Å². The second-order valence-electron chi connectivity index (χ2n) is 10.8. The summed E-state index contributed by atoms with van der Waals surface area (Å²) in [5.41, 5.74) is 0. The van der Waals surface area contributed by atoms with Gasteiger partial charge >= 0.3 is 35.8 Å². The van der Waals surface area contributed by atoms with Crippen molar-refractivity contribution in [3.8, 4) is 0 Å². The molecule has 3 N–H and O–H groups in total. The van der Waals surface area contributed by atoms with Crippen LogP contribution in [0.1, 0.15) is 58.8 Å². The first kappa shape index (κ1) is 43.9. The van der Waals surface area contributed by atoms with Crippen molar-refractivity contribution in [2.75, 3.05) is 39.6 Å². The second-order valence-corrected chi connectivity index (χ2v) is 10.8. The summed E-state index contributed by atoms with van der Waals surface area (Å²) >= 11 is 0. The summed E-state index contributed by atoms with van der Waals surface area (Å²) in [4.78, 5) is 73.2. The van der Waals surface area contributed by atoms with Crippen LogP contribution in [0.15, 0.2) is 38.0 Å². The van der Waals surface area contributed by atoms with Crippen molar-refractivity contribution in [2.24, 2.45) is 17.8 Å². The maximum absolute atomic E-state index is 13.1. The smallest absolute Gasteiger partial charge is 0.330 e. The SMILES string of the molecule is C=CC(=O)OCC(O)COC(=O)C(CCC(CC)C(=O)OCC(COC(=O)C=C)OC(=O)C=C)CCC(CCC)C(=O)OCC(O)CO. The minimum Gasteiger partial charge on any atom is -0.463 e. The van der Waals surface area contributed by atoms with Crippen molar-refractivity contribution in [3.63, 3.8) is 0 Å². The van der Waals surface area contributed by atoms with E-state index >= 15 is 0 Å². The molecule has 0 aromatic heterocycles. The Kier molecular flexibility index (Phi) is 23.7. The lowest BCUT2D eigenvalue weighted by Crippen LogP contribution is -2.32. The van der Waals surface area contributed by atoms with Crippen LogP contribution in [-0.2, 0) is 57.2 Å². The Morgan fingerprint density at radius 3 is 1.44 bits per heavy atom. The average molecular weight is 687 g/mol. The molecule has 0 aromatic carbocycles. The van der Waals surface area contributed by atoms with E-state index < -0.39 is 105 Å². The summed E-state index contributed by atoms with van der Waals surface area (Å²) < 4.78 is 30.5. The van der Waals surface area contributed by atoms with Gasteiger partial charge in [0.15, 0.2) is 6.10 Å². The Morgan fingerprint density at radius 1 is 0.562 bits per heavy atom. The fourth-order valence-electron chi connectivity index (χ4n) is 4.19. The predicted octanol–water partition coefficient (Wildman–Crippen LogP) is 1.51. The molecule has 0 amide bonds. The van der Waals surface area contributed by atoms with Gasteiger partial charge in [0.25, 0.3) is 0 Å². The van der Waals surface area contributed by atoms with E-state index in [2.05, 4.69) is 19.7 Å². The molecule has 0 bridgehead atoms. The number of esters is 6. The van der Waals surface area contributed by atoms with E-state index in [0.29, 0.717) is 19.3 Å². The fourth-order valence-corrected chi connectivity index (χ4v) is 4.19. The highest BCUT2D eigenvalue weighted by atomic mass is 16.6. The molecule has 0 aliphatic rings. The van der Waals surface area contributed by atoms with Gasteiger partial charge in [-0.25, -0.2) is 14.4 Å². The molecule has 0 aliphatic heterocycles. The van der Waals surface area contributed by atoms with Gasteiger partial charge in [-0.1, -0.05) is 40.0 Å². The maximum Gasteiger partial charge on any atom is 0.330 e. The molecule has 0 aliphatic carbocycles. The molecule has 15 heteroatoms. The minimum atomic E-state index is -1.31. The number of carbonyl (C=O) groups is 6. The van der Waals surface area contributed by atoms with Gasteiger partial charge in [0.2, 0.25) is 0 Å². The summed E-state index contributed by atoms with van der Waals surface area (Å²) in [6.45, 7) is 10.7. The maximum atomic E-state index is 13.1. The molecule has 6 atom stereocenters. The van der Waals surface area contributed by atoms with Crippen molar-refractivity contribution in [1.82, 2.24) is 0 Å². The summed E-state index contributed by atoms with van der Waals surface area (Å²) in [5, 5.41) is 28.6. The van der Waals surface area contributed by atoms with Crippen molar-refractivity contribution >= 4 is 35.8 Å². The molecular formula is C33H50O15. The van der Waals surface area contributed by atoms with E-state index in [1.165, 1.54) is 0 Å². The molecule has 6 unspecified atom stereocenters. The van der Waals surface area contributed by atoms with E-state index in [4.69, 9.17) is 33.5 Å². The minimum absolute atomic E-state index is 0.122. The van der Waals surface area contributed by atoms with Gasteiger partial charge in [-0.05, 0) is 38.5 Å². The molecule has 0 saturated heterocycles. The van der Waals surface area contributed by atoms with Gasteiger partial charge in [-0.3, -0.25) is 14.4 Å². The number of ether oxygens (including phenoxy) is 6. The standard InChI is InChI=1S/C33H50O15/c1-6-11-23(32(41)45-17-25(35)16-34)14-15-24(33(42)46-19-26(36)18-43-28(37)8-3)13-12-22(7-2)31(40)47-21-27(48-30(39)10-5)20-44-29(38)9-4/h8-10,22-27,34-36H,3-7,11-21H2,1-2H3. The topological polar surface area (TPSA) is 218 Å². The van der Waals surface area contributed by atoms with Crippen LogP contribution in [0.3, 0.4) is 0 Å². The number of hydrogen-bond acceptors (Lipinski definition) is 15. The van der Waals surface area contributed by atoms with Gasteiger partial charge in [0.05, 0.1) is 24.4 Å². The Hall–Kier alpha value is -4.08. The largest absolute Gasteiger partial charge is 0.463 e. The summed E-state index contributed by atoms with van der Waals surface area (Å²) in [7, 11) is 0. The Bertz CT molecular complexity index is 1060. The van der Waals surface area contributed by atoms with Crippen LogP contribution in [0.2, 0.25) is 0 Å². The molecule has 0 rings (SSSR count). The highest BCUT2D eigenvalue weighted by Crippen LogP contribution is 2.26. The predicted molar refractivity (Wildman–Crippen MR) is 169 cm³/mol. The summed E-state index contributed by atoms with van der Waals surface area (Å²) in [5.74, 6) is -6.49. The van der Waals surface area contributed by atoms with Crippen LogP contribution in [0.25, 0.3) is 0 Å². The first-order valence-corrected chi connectivity index (χ1v) is 15.7. The number of hydrogen-bond donors (Lipinski definition) is 3. The third kappa shape index (κ3) is 19.6. The molecule has 48 heavy (non-hydrogen) atoms. The zero-order valence-electron chi connectivity index (χ0n) is 27.8. The summed E-state index contributed by atoms with van der Waals surface area (Å²) in [6.07, 6.45) is 1.04. The van der Waals surface area contributed by atoms with Crippen molar-refractivity contribution in [2.45, 2.75) is 77.1 Å². The fraction of sp³-hybridized carbons (Fsp3) is 0.636. The van der Waals surface area contributed by atoms with Crippen LogP contribution in [0.5, 0.6) is 0 Å². The van der Waals surface area contributed by atoms with Crippen molar-refractivity contribution in [1.29, 1.82) is 0 Å². The molecular weight excluding hydrogens is 636 g/mol. The first-order valence-electron chi connectivity index (χ1n) is 15.7. The molecule has 0 saturated carbocycles. The van der Waals surface area contributed by atoms with Crippen molar-refractivity contribution < 1.29 is 72.5 Å². The van der Waals surface area contributed by atoms with Crippen LogP contribution in [-0.4, -0.2) is 109 Å². The van der Waals surface area contributed by atoms with E-state index in [1.807, 2.05) is 6.92 Å².